The molecule has 0 atom stereocenters. The topological polar surface area (TPSA) is 86.0 Å². The Morgan fingerprint density at radius 3 is 3.05 bits per heavy atom. The average molecular weight is 275 g/mol. The first-order valence-corrected chi connectivity index (χ1v) is 6.83. The average Bonchev–Trinajstić information content (AvgIpc) is 2.98. The summed E-state index contributed by atoms with van der Waals surface area (Å²) < 4.78 is 11.0. The first-order chi connectivity index (χ1) is 9.92. The second-order valence-electron chi connectivity index (χ2n) is 4.68. The highest BCUT2D eigenvalue weighted by atomic mass is 16.5. The Hall–Kier alpha value is -1.86. The lowest BCUT2D eigenvalue weighted by molar-refractivity contribution is 0.0322. The highest BCUT2D eigenvalue weighted by Gasteiger charge is 2.14. The number of aromatic nitrogens is 4. The zero-order valence-electron chi connectivity index (χ0n) is 11.2. The fourth-order valence-corrected chi connectivity index (χ4v) is 2.16. The molecule has 0 bridgehead atoms. The van der Waals surface area contributed by atoms with Crippen LogP contribution in [0, 0.1) is 0 Å². The summed E-state index contributed by atoms with van der Waals surface area (Å²) in [6, 6.07) is 1.75. The minimum Gasteiger partial charge on any atom is -0.378 e. The molecule has 3 rings (SSSR count). The minimum atomic E-state index is 0.348. The Bertz CT molecular complexity index is 525. The van der Waals surface area contributed by atoms with Crippen molar-refractivity contribution in [3.63, 3.8) is 0 Å². The molecule has 1 saturated heterocycles. The van der Waals surface area contributed by atoms with Crippen molar-refractivity contribution in [3.05, 3.63) is 24.5 Å². The predicted molar refractivity (Wildman–Crippen MR) is 70.9 cm³/mol. The minimum absolute atomic E-state index is 0.348. The quantitative estimate of drug-likeness (QED) is 0.865. The molecule has 0 amide bonds. The van der Waals surface area contributed by atoms with Crippen molar-refractivity contribution >= 4 is 0 Å². The molecule has 0 radical (unpaired) electrons. The van der Waals surface area contributed by atoms with Crippen LogP contribution in [0.4, 0.5) is 0 Å². The van der Waals surface area contributed by atoms with Gasteiger partial charge in [-0.25, -0.2) is 9.97 Å². The molecular formula is C13H17N5O2. The van der Waals surface area contributed by atoms with E-state index in [9.17, 15) is 0 Å². The predicted octanol–water partition coefficient (Wildman–Crippen LogP) is 0.838. The van der Waals surface area contributed by atoms with Gasteiger partial charge in [-0.15, -0.1) is 0 Å². The molecule has 7 nitrogen and oxygen atoms in total. The van der Waals surface area contributed by atoms with Crippen LogP contribution in [-0.4, -0.2) is 45.9 Å². The lowest BCUT2D eigenvalue weighted by atomic mass is 10.1. The number of ether oxygens (including phenoxy) is 1. The van der Waals surface area contributed by atoms with E-state index >= 15 is 0 Å². The molecule has 7 heteroatoms. The van der Waals surface area contributed by atoms with Crippen molar-refractivity contribution in [3.8, 4) is 11.5 Å². The van der Waals surface area contributed by atoms with E-state index in [2.05, 4.69) is 25.4 Å². The Kier molecular flexibility index (Phi) is 4.29. The van der Waals surface area contributed by atoms with Crippen LogP contribution in [0.1, 0.15) is 18.7 Å². The fraction of sp³-hybridized carbons (Fsp3) is 0.538. The molecule has 1 aliphatic heterocycles. The standard InChI is InChI=1S/C13H17N5O2/c1-5-14-6-2-10(1)19-8-4-12-17-13(18-20-12)11-3-7-15-9-16-11/h3,7,9-10,14H,1-2,4-6,8H2. The molecule has 0 saturated carbocycles. The van der Waals surface area contributed by atoms with Gasteiger partial charge in [0, 0.05) is 6.20 Å². The molecule has 0 spiro atoms. The first-order valence-electron chi connectivity index (χ1n) is 6.83. The van der Waals surface area contributed by atoms with Gasteiger partial charge in [0.2, 0.25) is 11.7 Å². The van der Waals surface area contributed by atoms with Crippen LogP contribution in [0.3, 0.4) is 0 Å². The molecule has 0 aliphatic carbocycles. The van der Waals surface area contributed by atoms with Crippen LogP contribution in [0.25, 0.3) is 11.5 Å². The number of nitrogens with zero attached hydrogens (tertiary/aromatic N) is 4. The monoisotopic (exact) mass is 275 g/mol. The number of rotatable bonds is 5. The van der Waals surface area contributed by atoms with Gasteiger partial charge in [0.15, 0.2) is 0 Å². The summed E-state index contributed by atoms with van der Waals surface area (Å²) in [7, 11) is 0. The highest BCUT2D eigenvalue weighted by molar-refractivity contribution is 5.46. The lowest BCUT2D eigenvalue weighted by Gasteiger charge is -2.22. The zero-order chi connectivity index (χ0) is 13.6. The normalized spacial score (nSPS) is 16.4. The Morgan fingerprint density at radius 1 is 1.35 bits per heavy atom. The summed E-state index contributed by atoms with van der Waals surface area (Å²) in [5, 5.41) is 7.22. The Labute approximate surface area is 116 Å². The summed E-state index contributed by atoms with van der Waals surface area (Å²) in [6.45, 7) is 2.67. The van der Waals surface area contributed by atoms with Gasteiger partial charge in [-0.2, -0.15) is 4.98 Å². The van der Waals surface area contributed by atoms with Crippen LogP contribution in [0.5, 0.6) is 0 Å². The van der Waals surface area contributed by atoms with Gasteiger partial charge in [-0.3, -0.25) is 0 Å². The molecule has 0 aromatic carbocycles. The smallest absolute Gasteiger partial charge is 0.229 e. The van der Waals surface area contributed by atoms with Crippen molar-refractivity contribution in [2.75, 3.05) is 19.7 Å². The summed E-state index contributed by atoms with van der Waals surface area (Å²) >= 11 is 0. The summed E-state index contributed by atoms with van der Waals surface area (Å²) in [6.07, 6.45) is 6.22. The van der Waals surface area contributed by atoms with Crippen LogP contribution in [0.2, 0.25) is 0 Å². The second-order valence-corrected chi connectivity index (χ2v) is 4.68. The summed E-state index contributed by atoms with van der Waals surface area (Å²) in [5.74, 6) is 1.07. The Morgan fingerprint density at radius 2 is 2.25 bits per heavy atom. The largest absolute Gasteiger partial charge is 0.378 e. The third kappa shape index (κ3) is 3.37. The maximum absolute atomic E-state index is 5.81. The fourth-order valence-electron chi connectivity index (χ4n) is 2.16. The second kappa shape index (κ2) is 6.53. The number of hydrogen-bond acceptors (Lipinski definition) is 7. The first kappa shape index (κ1) is 13.1. The highest BCUT2D eigenvalue weighted by Crippen LogP contribution is 2.12. The van der Waals surface area contributed by atoms with Gasteiger partial charge in [-0.1, -0.05) is 5.16 Å². The van der Waals surface area contributed by atoms with E-state index in [1.165, 1.54) is 6.33 Å². The number of piperidine rings is 1. The van der Waals surface area contributed by atoms with Crippen LogP contribution in [0.15, 0.2) is 23.1 Å². The van der Waals surface area contributed by atoms with Gasteiger partial charge in [0.25, 0.3) is 0 Å². The summed E-state index contributed by atoms with van der Waals surface area (Å²) in [4.78, 5) is 12.2. The van der Waals surface area contributed by atoms with E-state index in [4.69, 9.17) is 9.26 Å². The molecule has 1 aliphatic rings. The summed E-state index contributed by atoms with van der Waals surface area (Å²) in [5.41, 5.74) is 0.661. The van der Waals surface area contributed by atoms with Gasteiger partial charge in [-0.05, 0) is 32.0 Å². The van der Waals surface area contributed by atoms with E-state index in [1.54, 1.807) is 12.3 Å². The molecule has 20 heavy (non-hydrogen) atoms. The molecule has 3 heterocycles. The molecule has 2 aromatic heterocycles. The third-order valence-corrected chi connectivity index (χ3v) is 3.23. The molecule has 1 N–H and O–H groups in total. The van der Waals surface area contributed by atoms with Crippen molar-refractivity contribution in [2.24, 2.45) is 0 Å². The molecule has 106 valence electrons. The maximum Gasteiger partial charge on any atom is 0.229 e. The number of nitrogens with one attached hydrogen (secondary N) is 1. The molecule has 0 unspecified atom stereocenters. The van der Waals surface area contributed by atoms with Crippen LogP contribution in [-0.2, 0) is 11.2 Å². The lowest BCUT2D eigenvalue weighted by Crippen LogP contribution is -2.32. The SMILES string of the molecule is c1cc(-c2noc(CCOC3CCNCC3)n2)ncn1. The van der Waals surface area contributed by atoms with Gasteiger partial charge in [0.1, 0.15) is 12.0 Å². The molecule has 2 aromatic rings. The molecule has 1 fully saturated rings. The van der Waals surface area contributed by atoms with E-state index in [0.29, 0.717) is 36.5 Å². The van der Waals surface area contributed by atoms with E-state index < -0.39 is 0 Å². The molecular weight excluding hydrogens is 258 g/mol. The van der Waals surface area contributed by atoms with E-state index in [0.717, 1.165) is 25.9 Å². The van der Waals surface area contributed by atoms with Crippen molar-refractivity contribution in [1.82, 2.24) is 25.4 Å². The van der Waals surface area contributed by atoms with Gasteiger partial charge < -0.3 is 14.6 Å². The van der Waals surface area contributed by atoms with Crippen molar-refractivity contribution in [2.45, 2.75) is 25.4 Å². The van der Waals surface area contributed by atoms with E-state index in [1.807, 2.05) is 0 Å². The van der Waals surface area contributed by atoms with Crippen LogP contribution < -0.4 is 5.32 Å². The van der Waals surface area contributed by atoms with Gasteiger partial charge >= 0.3 is 0 Å². The third-order valence-electron chi connectivity index (χ3n) is 3.23. The zero-order valence-corrected chi connectivity index (χ0v) is 11.2. The maximum atomic E-state index is 5.81. The van der Waals surface area contributed by atoms with Gasteiger partial charge in [0.05, 0.1) is 19.1 Å². The van der Waals surface area contributed by atoms with Crippen molar-refractivity contribution < 1.29 is 9.26 Å². The number of hydrogen-bond donors (Lipinski definition) is 1. The van der Waals surface area contributed by atoms with E-state index in [-0.39, 0.29) is 0 Å². The Balaban J connectivity index is 1.50. The van der Waals surface area contributed by atoms with Crippen molar-refractivity contribution in [1.29, 1.82) is 0 Å². The van der Waals surface area contributed by atoms with Crippen LogP contribution >= 0.6 is 0 Å².